The first-order chi connectivity index (χ1) is 15.6. The van der Waals surface area contributed by atoms with Crippen molar-refractivity contribution < 1.29 is 14.3 Å². The predicted molar refractivity (Wildman–Crippen MR) is 123 cm³/mol. The Labute approximate surface area is 187 Å². The Balaban J connectivity index is 1.61. The average Bonchev–Trinajstić information content (AvgIpc) is 3.10. The number of rotatable bonds is 4. The zero-order valence-electron chi connectivity index (χ0n) is 18.2. The van der Waals surface area contributed by atoms with Crippen molar-refractivity contribution in [1.29, 1.82) is 0 Å². The molecule has 3 aromatic rings. The number of anilines is 1. The maximum absolute atomic E-state index is 14.1. The van der Waals surface area contributed by atoms with Crippen LogP contribution in [0.2, 0.25) is 0 Å². The van der Waals surface area contributed by atoms with Gasteiger partial charge in [-0.3, -0.25) is 9.59 Å². The predicted octanol–water partition coefficient (Wildman–Crippen LogP) is 5.05. The molecule has 0 radical (unpaired) electrons. The fourth-order valence-electron chi connectivity index (χ4n) is 6.69. The van der Waals surface area contributed by atoms with Crippen LogP contribution < -0.4 is 9.64 Å². The summed E-state index contributed by atoms with van der Waals surface area (Å²) in [6, 6.07) is 24.2. The van der Waals surface area contributed by atoms with E-state index < -0.39 is 17.3 Å². The lowest BCUT2D eigenvalue weighted by Crippen LogP contribution is -2.53. The highest BCUT2D eigenvalue weighted by Crippen LogP contribution is 2.65. The Morgan fingerprint density at radius 3 is 2.03 bits per heavy atom. The number of ether oxygens (including phenoxy) is 1. The van der Waals surface area contributed by atoms with Crippen molar-refractivity contribution in [3.05, 3.63) is 95.1 Å². The molecule has 0 saturated carbocycles. The molecular formula is C28H25NO3. The summed E-state index contributed by atoms with van der Waals surface area (Å²) in [6.07, 6.45) is 0.759. The molecule has 4 heteroatoms. The Bertz CT molecular complexity index is 1220. The fraction of sp³-hybridized carbons (Fsp3) is 0.286. The van der Waals surface area contributed by atoms with Crippen LogP contribution in [0, 0.1) is 11.8 Å². The maximum Gasteiger partial charge on any atom is 0.239 e. The maximum atomic E-state index is 14.1. The largest absolute Gasteiger partial charge is 0.492 e. The zero-order chi connectivity index (χ0) is 22.0. The van der Waals surface area contributed by atoms with E-state index in [1.54, 1.807) is 0 Å². The third-order valence-electron chi connectivity index (χ3n) is 7.76. The smallest absolute Gasteiger partial charge is 0.239 e. The van der Waals surface area contributed by atoms with Crippen LogP contribution in [0.4, 0.5) is 5.69 Å². The first kappa shape index (κ1) is 19.3. The molecular weight excluding hydrogens is 398 g/mol. The lowest BCUT2D eigenvalue weighted by molar-refractivity contribution is -0.123. The number of imide groups is 1. The third-order valence-corrected chi connectivity index (χ3v) is 7.76. The number of para-hydroxylation sites is 2. The summed E-state index contributed by atoms with van der Waals surface area (Å²) in [5.74, 6) is -0.571. The molecule has 160 valence electrons. The van der Waals surface area contributed by atoms with Crippen LogP contribution in [0.1, 0.15) is 48.4 Å². The second kappa shape index (κ2) is 6.80. The zero-order valence-corrected chi connectivity index (χ0v) is 18.2. The van der Waals surface area contributed by atoms with Gasteiger partial charge in [-0.1, -0.05) is 67.6 Å². The van der Waals surface area contributed by atoms with Crippen molar-refractivity contribution in [2.24, 2.45) is 11.8 Å². The average molecular weight is 424 g/mol. The van der Waals surface area contributed by atoms with Crippen molar-refractivity contribution >= 4 is 17.5 Å². The molecule has 1 heterocycles. The van der Waals surface area contributed by atoms with Crippen molar-refractivity contribution in [2.45, 2.75) is 31.6 Å². The molecule has 0 spiro atoms. The van der Waals surface area contributed by atoms with E-state index in [0.29, 0.717) is 18.0 Å². The molecule has 4 nitrogen and oxygen atoms in total. The van der Waals surface area contributed by atoms with Gasteiger partial charge in [-0.15, -0.1) is 0 Å². The molecule has 1 aliphatic heterocycles. The van der Waals surface area contributed by atoms with Crippen LogP contribution in [-0.4, -0.2) is 18.4 Å². The van der Waals surface area contributed by atoms with Crippen LogP contribution in [0.15, 0.2) is 72.8 Å². The number of hydrogen-bond donors (Lipinski definition) is 0. The van der Waals surface area contributed by atoms with E-state index in [2.05, 4.69) is 43.3 Å². The molecule has 1 saturated heterocycles. The highest BCUT2D eigenvalue weighted by molar-refractivity contribution is 6.24. The Hall–Kier alpha value is -3.40. The summed E-state index contributed by atoms with van der Waals surface area (Å²) in [7, 11) is 0. The van der Waals surface area contributed by atoms with Gasteiger partial charge in [0.15, 0.2) is 0 Å². The van der Waals surface area contributed by atoms with Crippen molar-refractivity contribution in [1.82, 2.24) is 0 Å². The number of benzene rings is 3. The van der Waals surface area contributed by atoms with Gasteiger partial charge in [0.2, 0.25) is 11.8 Å². The molecule has 2 unspecified atom stereocenters. The minimum atomic E-state index is -0.505. The van der Waals surface area contributed by atoms with E-state index in [9.17, 15) is 9.59 Å². The minimum Gasteiger partial charge on any atom is -0.492 e. The van der Waals surface area contributed by atoms with E-state index in [4.69, 9.17) is 4.74 Å². The van der Waals surface area contributed by atoms with E-state index in [1.165, 1.54) is 27.2 Å². The standard InChI is InChI=1S/C28H25NO3/c1-3-28-19-13-7-5-11-17(19)23(18-12-6-8-14-20(18)28)24-25(28)27(31)29(26(24)30)21-15-9-10-16-22(21)32-4-2/h5-16,23-25H,3-4H2,1-2H3. The van der Waals surface area contributed by atoms with Gasteiger partial charge in [0.1, 0.15) is 5.75 Å². The molecule has 2 atom stereocenters. The van der Waals surface area contributed by atoms with Crippen LogP contribution in [0.25, 0.3) is 0 Å². The topological polar surface area (TPSA) is 46.6 Å². The molecule has 2 bridgehead atoms. The molecule has 3 aliphatic carbocycles. The lowest BCUT2D eigenvalue weighted by Gasteiger charge is -2.54. The van der Waals surface area contributed by atoms with Gasteiger partial charge in [0.25, 0.3) is 0 Å². The van der Waals surface area contributed by atoms with Crippen LogP contribution in [-0.2, 0) is 15.0 Å². The molecule has 0 aromatic heterocycles. The molecule has 7 rings (SSSR count). The van der Waals surface area contributed by atoms with Gasteiger partial charge in [-0.25, -0.2) is 4.90 Å². The van der Waals surface area contributed by atoms with Gasteiger partial charge in [-0.05, 0) is 47.7 Å². The molecule has 0 N–H and O–H groups in total. The minimum absolute atomic E-state index is 0.108. The summed E-state index contributed by atoms with van der Waals surface area (Å²) < 4.78 is 5.80. The summed E-state index contributed by atoms with van der Waals surface area (Å²) >= 11 is 0. The molecule has 1 fully saturated rings. The van der Waals surface area contributed by atoms with Gasteiger partial charge < -0.3 is 4.74 Å². The summed E-state index contributed by atoms with van der Waals surface area (Å²) in [5.41, 5.74) is 4.83. The number of carbonyl (C=O) groups excluding carboxylic acids is 2. The Morgan fingerprint density at radius 2 is 1.41 bits per heavy atom. The number of hydrogen-bond acceptors (Lipinski definition) is 3. The van der Waals surface area contributed by atoms with Gasteiger partial charge in [0, 0.05) is 11.3 Å². The van der Waals surface area contributed by atoms with Crippen LogP contribution >= 0.6 is 0 Å². The lowest BCUT2D eigenvalue weighted by atomic mass is 9.46. The normalized spacial score (nSPS) is 27.2. The number of amides is 2. The van der Waals surface area contributed by atoms with Crippen LogP contribution in [0.3, 0.4) is 0 Å². The summed E-state index contributed by atoms with van der Waals surface area (Å²) in [6.45, 7) is 4.52. The molecule has 32 heavy (non-hydrogen) atoms. The van der Waals surface area contributed by atoms with Crippen LogP contribution in [0.5, 0.6) is 5.75 Å². The Morgan fingerprint density at radius 1 is 0.812 bits per heavy atom. The summed E-state index contributed by atoms with van der Waals surface area (Å²) in [5, 5.41) is 0. The van der Waals surface area contributed by atoms with Crippen molar-refractivity contribution in [2.75, 3.05) is 11.5 Å². The highest BCUT2D eigenvalue weighted by atomic mass is 16.5. The quantitative estimate of drug-likeness (QED) is 0.552. The molecule has 4 aliphatic rings. The third kappa shape index (κ3) is 2.17. The van der Waals surface area contributed by atoms with Crippen molar-refractivity contribution in [3.63, 3.8) is 0 Å². The van der Waals surface area contributed by atoms with E-state index in [1.807, 2.05) is 43.3 Å². The second-order valence-corrected chi connectivity index (χ2v) is 8.89. The first-order valence-corrected chi connectivity index (χ1v) is 11.4. The van der Waals surface area contributed by atoms with E-state index in [-0.39, 0.29) is 17.7 Å². The number of carbonyl (C=O) groups is 2. The SMILES string of the molecule is CCOc1ccccc1N1C(=O)C2C3c4ccccc4C(CC)(c4ccccc43)C2C1=O. The monoisotopic (exact) mass is 423 g/mol. The fourth-order valence-corrected chi connectivity index (χ4v) is 6.69. The van der Waals surface area contributed by atoms with Gasteiger partial charge in [-0.2, -0.15) is 0 Å². The highest BCUT2D eigenvalue weighted by Gasteiger charge is 2.67. The Kier molecular flexibility index (Phi) is 4.10. The van der Waals surface area contributed by atoms with Crippen molar-refractivity contribution in [3.8, 4) is 5.75 Å². The number of nitrogens with zero attached hydrogens (tertiary/aromatic N) is 1. The molecule has 2 amide bonds. The van der Waals surface area contributed by atoms with Gasteiger partial charge >= 0.3 is 0 Å². The first-order valence-electron chi connectivity index (χ1n) is 11.4. The molecule has 3 aromatic carbocycles. The van der Waals surface area contributed by atoms with E-state index in [0.717, 1.165) is 6.42 Å². The van der Waals surface area contributed by atoms with E-state index >= 15 is 0 Å². The summed E-state index contributed by atoms with van der Waals surface area (Å²) in [4.78, 5) is 29.6. The van der Waals surface area contributed by atoms with Gasteiger partial charge in [0.05, 0.1) is 24.1 Å². The second-order valence-electron chi connectivity index (χ2n) is 8.89.